The quantitative estimate of drug-likeness (QED) is 0.814. The monoisotopic (exact) mass is 263 g/mol. The van der Waals surface area contributed by atoms with Crippen molar-refractivity contribution in [2.45, 2.75) is 4.90 Å². The molecule has 1 amide bonds. The Hall–Kier alpha value is -2.12. The molecule has 2 rings (SSSR count). The standard InChI is InChI=1S/C11H9N3O3S/c15-11(9-5-6-12-7-13-9)14-8-3-1-2-4-10(8)18(16)17/h1-7H,(H,14,15)(H,16,17). The molecule has 2 N–H and O–H groups in total. The number of benzene rings is 1. The molecule has 1 heterocycles. The highest BCUT2D eigenvalue weighted by Crippen LogP contribution is 2.18. The van der Waals surface area contributed by atoms with Gasteiger partial charge >= 0.3 is 0 Å². The van der Waals surface area contributed by atoms with Crippen LogP contribution < -0.4 is 5.32 Å². The van der Waals surface area contributed by atoms with Gasteiger partial charge in [-0.3, -0.25) is 4.79 Å². The fraction of sp³-hybridized carbons (Fsp3) is 0. The Balaban J connectivity index is 2.25. The molecule has 0 aliphatic rings. The van der Waals surface area contributed by atoms with Gasteiger partial charge in [0.25, 0.3) is 5.91 Å². The third-order valence-electron chi connectivity index (χ3n) is 2.14. The second kappa shape index (κ2) is 5.48. The van der Waals surface area contributed by atoms with Crippen LogP contribution in [0, 0.1) is 0 Å². The van der Waals surface area contributed by atoms with Gasteiger partial charge in [-0.15, -0.1) is 0 Å². The molecule has 0 fully saturated rings. The number of hydrogen-bond acceptors (Lipinski definition) is 4. The van der Waals surface area contributed by atoms with Crippen LogP contribution in [0.15, 0.2) is 47.8 Å². The average Bonchev–Trinajstić information content (AvgIpc) is 2.40. The summed E-state index contributed by atoms with van der Waals surface area (Å²) in [7, 11) is 0. The summed E-state index contributed by atoms with van der Waals surface area (Å²) in [6.07, 6.45) is 2.70. The van der Waals surface area contributed by atoms with Gasteiger partial charge in [-0.25, -0.2) is 14.2 Å². The number of carbonyl (C=O) groups is 1. The van der Waals surface area contributed by atoms with Crippen LogP contribution in [0.4, 0.5) is 5.69 Å². The summed E-state index contributed by atoms with van der Waals surface area (Å²) < 4.78 is 20.2. The average molecular weight is 263 g/mol. The van der Waals surface area contributed by atoms with Gasteiger partial charge in [0.2, 0.25) is 0 Å². The van der Waals surface area contributed by atoms with E-state index in [9.17, 15) is 9.00 Å². The van der Waals surface area contributed by atoms with Crippen molar-refractivity contribution in [3.8, 4) is 0 Å². The number of para-hydroxylation sites is 1. The van der Waals surface area contributed by atoms with E-state index in [1.54, 1.807) is 18.2 Å². The first-order chi connectivity index (χ1) is 8.68. The second-order valence-electron chi connectivity index (χ2n) is 3.29. The van der Waals surface area contributed by atoms with Crippen molar-refractivity contribution in [3.63, 3.8) is 0 Å². The van der Waals surface area contributed by atoms with Crippen LogP contribution in [0.2, 0.25) is 0 Å². The van der Waals surface area contributed by atoms with Crippen LogP contribution in [0.25, 0.3) is 0 Å². The smallest absolute Gasteiger partial charge is 0.274 e. The molecule has 18 heavy (non-hydrogen) atoms. The molecule has 2 aromatic rings. The largest absolute Gasteiger partial charge is 0.319 e. The lowest BCUT2D eigenvalue weighted by molar-refractivity contribution is 0.102. The van der Waals surface area contributed by atoms with Crippen LogP contribution in [0.1, 0.15) is 10.5 Å². The van der Waals surface area contributed by atoms with Gasteiger partial charge in [0, 0.05) is 6.20 Å². The fourth-order valence-corrected chi connectivity index (χ4v) is 1.84. The topological polar surface area (TPSA) is 92.2 Å². The van der Waals surface area contributed by atoms with E-state index in [-0.39, 0.29) is 16.3 Å². The number of nitrogens with one attached hydrogen (secondary N) is 1. The van der Waals surface area contributed by atoms with E-state index in [4.69, 9.17) is 4.55 Å². The van der Waals surface area contributed by atoms with Crippen molar-refractivity contribution in [1.29, 1.82) is 0 Å². The maximum Gasteiger partial charge on any atom is 0.274 e. The third kappa shape index (κ3) is 2.76. The Morgan fingerprint density at radius 2 is 2.06 bits per heavy atom. The van der Waals surface area contributed by atoms with Gasteiger partial charge in [0.15, 0.2) is 11.1 Å². The lowest BCUT2D eigenvalue weighted by Gasteiger charge is -2.07. The van der Waals surface area contributed by atoms with Crippen LogP contribution >= 0.6 is 0 Å². The Labute approximate surface area is 105 Å². The normalized spacial score (nSPS) is 11.8. The number of aromatic nitrogens is 2. The summed E-state index contributed by atoms with van der Waals surface area (Å²) in [6, 6.07) is 7.73. The highest BCUT2D eigenvalue weighted by atomic mass is 32.2. The van der Waals surface area contributed by atoms with E-state index in [1.807, 2.05) is 0 Å². The summed E-state index contributed by atoms with van der Waals surface area (Å²) in [5, 5.41) is 2.53. The van der Waals surface area contributed by atoms with Crippen molar-refractivity contribution in [2.75, 3.05) is 5.32 Å². The summed E-state index contributed by atoms with van der Waals surface area (Å²) in [5.74, 6) is -0.463. The molecule has 1 unspecified atom stereocenters. The predicted octanol–water partition coefficient (Wildman–Crippen LogP) is 1.31. The minimum atomic E-state index is -2.16. The lowest BCUT2D eigenvalue weighted by Crippen LogP contribution is -2.15. The third-order valence-corrected chi connectivity index (χ3v) is 2.87. The van der Waals surface area contributed by atoms with E-state index in [1.165, 1.54) is 24.7 Å². The zero-order valence-electron chi connectivity index (χ0n) is 9.11. The molecule has 1 aromatic carbocycles. The van der Waals surface area contributed by atoms with Crippen molar-refractivity contribution in [1.82, 2.24) is 9.97 Å². The highest BCUT2D eigenvalue weighted by Gasteiger charge is 2.12. The molecule has 0 radical (unpaired) electrons. The molecule has 6 nitrogen and oxygen atoms in total. The minimum Gasteiger partial charge on any atom is -0.319 e. The predicted molar refractivity (Wildman–Crippen MR) is 65.5 cm³/mol. The van der Waals surface area contributed by atoms with Gasteiger partial charge in [0.05, 0.1) is 10.6 Å². The lowest BCUT2D eigenvalue weighted by atomic mass is 10.3. The number of amides is 1. The molecule has 0 aliphatic carbocycles. The first kappa shape index (κ1) is 12.3. The molecule has 0 aliphatic heterocycles. The first-order valence-electron chi connectivity index (χ1n) is 4.96. The van der Waals surface area contributed by atoms with Crippen LogP contribution in [0.5, 0.6) is 0 Å². The molecular formula is C11H9N3O3S. The Morgan fingerprint density at radius 1 is 1.28 bits per heavy atom. The zero-order valence-corrected chi connectivity index (χ0v) is 9.92. The highest BCUT2D eigenvalue weighted by molar-refractivity contribution is 7.79. The maximum absolute atomic E-state index is 11.8. The summed E-state index contributed by atoms with van der Waals surface area (Å²) in [6.45, 7) is 0. The second-order valence-corrected chi connectivity index (χ2v) is 4.23. The van der Waals surface area contributed by atoms with Crippen molar-refractivity contribution < 1.29 is 13.6 Å². The summed E-state index contributed by atoms with van der Waals surface area (Å²) in [5.41, 5.74) is 0.463. The number of hydrogen-bond donors (Lipinski definition) is 2. The Bertz CT molecular complexity index is 589. The van der Waals surface area contributed by atoms with E-state index in [2.05, 4.69) is 15.3 Å². The minimum absolute atomic E-state index is 0.139. The Morgan fingerprint density at radius 3 is 2.72 bits per heavy atom. The van der Waals surface area contributed by atoms with E-state index in [0.29, 0.717) is 0 Å². The fourth-order valence-electron chi connectivity index (χ4n) is 1.33. The van der Waals surface area contributed by atoms with E-state index < -0.39 is 17.0 Å². The van der Waals surface area contributed by atoms with Crippen LogP contribution in [0.3, 0.4) is 0 Å². The molecule has 0 saturated heterocycles. The molecular weight excluding hydrogens is 254 g/mol. The van der Waals surface area contributed by atoms with Crippen LogP contribution in [-0.2, 0) is 11.1 Å². The SMILES string of the molecule is O=C(Nc1ccccc1S(=O)O)c1ccncn1. The molecule has 1 aromatic heterocycles. The maximum atomic E-state index is 11.8. The van der Waals surface area contributed by atoms with Gasteiger partial charge in [0.1, 0.15) is 12.0 Å². The summed E-state index contributed by atoms with van der Waals surface area (Å²) in [4.78, 5) is 19.4. The summed E-state index contributed by atoms with van der Waals surface area (Å²) >= 11 is -2.16. The van der Waals surface area contributed by atoms with E-state index in [0.717, 1.165) is 0 Å². The number of anilines is 1. The van der Waals surface area contributed by atoms with Crippen LogP contribution in [-0.4, -0.2) is 24.6 Å². The molecule has 0 saturated carbocycles. The van der Waals surface area contributed by atoms with Crippen molar-refractivity contribution in [3.05, 3.63) is 48.5 Å². The zero-order chi connectivity index (χ0) is 13.0. The van der Waals surface area contributed by atoms with Crippen molar-refractivity contribution in [2.24, 2.45) is 0 Å². The van der Waals surface area contributed by atoms with Gasteiger partial charge in [-0.05, 0) is 18.2 Å². The molecule has 0 spiro atoms. The van der Waals surface area contributed by atoms with E-state index >= 15 is 0 Å². The van der Waals surface area contributed by atoms with Crippen molar-refractivity contribution >= 4 is 22.7 Å². The molecule has 7 heteroatoms. The number of nitrogens with zero attached hydrogens (tertiary/aromatic N) is 2. The molecule has 0 bridgehead atoms. The van der Waals surface area contributed by atoms with Gasteiger partial charge in [-0.2, -0.15) is 0 Å². The van der Waals surface area contributed by atoms with Gasteiger partial charge < -0.3 is 9.87 Å². The molecule has 92 valence electrons. The van der Waals surface area contributed by atoms with Gasteiger partial charge in [-0.1, -0.05) is 12.1 Å². The first-order valence-corrected chi connectivity index (χ1v) is 6.06. The molecule has 1 atom stereocenters. The Kier molecular flexibility index (Phi) is 3.75. The number of rotatable bonds is 3. The number of carbonyl (C=O) groups excluding carboxylic acids is 1.